The molecule has 0 spiro atoms. The minimum Gasteiger partial charge on any atom is -0.463 e. The van der Waals surface area contributed by atoms with E-state index < -0.39 is 6.10 Å². The first-order chi connectivity index (χ1) is 18.1. The summed E-state index contributed by atoms with van der Waals surface area (Å²) in [5, 5.41) is 9.89. The van der Waals surface area contributed by atoms with Gasteiger partial charge >= 0.3 is 11.9 Å². The van der Waals surface area contributed by atoms with Gasteiger partial charge in [-0.1, -0.05) is 103 Å². The molecule has 0 radical (unpaired) electrons. The molecule has 0 bridgehead atoms. The molecule has 0 aromatic rings. The van der Waals surface area contributed by atoms with E-state index in [-0.39, 0.29) is 25.2 Å². The molecule has 0 aromatic heterocycles. The van der Waals surface area contributed by atoms with Gasteiger partial charge in [-0.15, -0.1) is 0 Å². The van der Waals surface area contributed by atoms with Crippen molar-refractivity contribution >= 4 is 11.9 Å². The molecule has 0 aliphatic carbocycles. The number of allylic oxidation sites excluding steroid dienone is 1. The van der Waals surface area contributed by atoms with Gasteiger partial charge in [0.1, 0.15) is 19.3 Å². The van der Waals surface area contributed by atoms with E-state index in [1.54, 1.807) is 0 Å². The lowest BCUT2D eigenvalue weighted by atomic mass is 10.1. The van der Waals surface area contributed by atoms with Crippen molar-refractivity contribution in [3.05, 3.63) is 12.2 Å². The Morgan fingerprint density at radius 3 is 1.81 bits per heavy atom. The number of rotatable bonds is 26. The lowest BCUT2D eigenvalue weighted by molar-refractivity contribution is -0.152. The van der Waals surface area contributed by atoms with E-state index in [1.807, 2.05) is 0 Å². The highest BCUT2D eigenvalue weighted by Crippen LogP contribution is 2.30. The zero-order valence-corrected chi connectivity index (χ0v) is 23.9. The van der Waals surface area contributed by atoms with Gasteiger partial charge in [0.25, 0.3) is 0 Å². The van der Waals surface area contributed by atoms with E-state index in [1.165, 1.54) is 64.2 Å². The molecule has 1 aliphatic rings. The van der Waals surface area contributed by atoms with Crippen molar-refractivity contribution in [1.82, 2.24) is 0 Å². The monoisotopic (exact) mass is 524 g/mol. The SMILES string of the molecule is CCCCCCCCCC(=O)OC[C@H](O)COC(=O)CCCCCCC/C=C\CC1OC1CCCCC. The highest BCUT2D eigenvalue weighted by atomic mass is 16.6. The van der Waals surface area contributed by atoms with Crippen LogP contribution in [0.4, 0.5) is 0 Å². The number of unbranched alkanes of at least 4 members (excludes halogenated alkanes) is 13. The third-order valence-corrected chi connectivity index (χ3v) is 6.92. The first kappa shape index (κ1) is 33.6. The van der Waals surface area contributed by atoms with Crippen molar-refractivity contribution in [3.63, 3.8) is 0 Å². The summed E-state index contributed by atoms with van der Waals surface area (Å²) in [7, 11) is 0. The number of hydrogen-bond donors (Lipinski definition) is 1. The third kappa shape index (κ3) is 21.2. The van der Waals surface area contributed by atoms with E-state index in [4.69, 9.17) is 14.2 Å². The Balaban J connectivity index is 1.85. The van der Waals surface area contributed by atoms with Crippen LogP contribution in [0.3, 0.4) is 0 Å². The Morgan fingerprint density at radius 2 is 1.22 bits per heavy atom. The van der Waals surface area contributed by atoms with Crippen LogP contribution in [0, 0.1) is 0 Å². The van der Waals surface area contributed by atoms with Gasteiger partial charge in [-0.05, 0) is 38.5 Å². The molecular weight excluding hydrogens is 468 g/mol. The summed E-state index contributed by atoms with van der Waals surface area (Å²) in [6, 6.07) is 0. The Labute approximate surface area is 226 Å². The van der Waals surface area contributed by atoms with Crippen LogP contribution in [0.1, 0.15) is 142 Å². The number of esters is 2. The maximum absolute atomic E-state index is 11.9. The molecule has 0 saturated carbocycles. The topological polar surface area (TPSA) is 85.4 Å². The summed E-state index contributed by atoms with van der Waals surface area (Å²) in [5.74, 6) is -0.593. The van der Waals surface area contributed by atoms with Gasteiger partial charge in [0.2, 0.25) is 0 Å². The highest BCUT2D eigenvalue weighted by Gasteiger charge is 2.36. The largest absolute Gasteiger partial charge is 0.463 e. The molecule has 0 aromatic carbocycles. The standard InChI is InChI=1S/C31H56O6/c1-3-5-7-8-11-15-19-23-30(33)35-25-27(32)26-36-31(34)24-20-16-13-10-9-12-14-18-22-29-28(37-29)21-17-6-4-2/h14,18,27-29,32H,3-13,15-17,19-26H2,1-2H3/b18-14-/t27-,28?,29?/m0/s1. The van der Waals surface area contributed by atoms with Gasteiger partial charge in [0, 0.05) is 12.8 Å². The molecule has 1 rings (SSSR count). The second kappa shape index (κ2) is 23.7. The zero-order chi connectivity index (χ0) is 27.0. The molecule has 37 heavy (non-hydrogen) atoms. The van der Waals surface area contributed by atoms with Crippen LogP contribution in [-0.2, 0) is 23.8 Å². The van der Waals surface area contributed by atoms with E-state index in [0.29, 0.717) is 25.0 Å². The smallest absolute Gasteiger partial charge is 0.305 e. The lowest BCUT2D eigenvalue weighted by Gasteiger charge is -2.12. The fraction of sp³-hybridized carbons (Fsp3) is 0.871. The number of hydrogen-bond acceptors (Lipinski definition) is 6. The van der Waals surface area contributed by atoms with Crippen molar-refractivity contribution in [2.45, 2.75) is 161 Å². The number of ether oxygens (including phenoxy) is 3. The van der Waals surface area contributed by atoms with Crippen LogP contribution in [0.15, 0.2) is 12.2 Å². The van der Waals surface area contributed by atoms with E-state index in [0.717, 1.165) is 51.4 Å². The summed E-state index contributed by atoms with van der Waals surface area (Å²) in [6.07, 6.45) is 25.8. The van der Waals surface area contributed by atoms with E-state index >= 15 is 0 Å². The minimum absolute atomic E-state index is 0.121. The average Bonchev–Trinajstić information content (AvgIpc) is 3.64. The molecule has 1 aliphatic heterocycles. The van der Waals surface area contributed by atoms with Crippen LogP contribution < -0.4 is 0 Å². The Bertz CT molecular complexity index is 590. The Hall–Kier alpha value is -1.40. The first-order valence-corrected chi connectivity index (χ1v) is 15.4. The highest BCUT2D eigenvalue weighted by molar-refractivity contribution is 5.69. The predicted octanol–water partition coefficient (Wildman–Crippen LogP) is 7.60. The molecule has 1 saturated heterocycles. The number of aliphatic hydroxyl groups excluding tert-OH is 1. The van der Waals surface area contributed by atoms with E-state index in [2.05, 4.69) is 26.0 Å². The minimum atomic E-state index is -0.964. The fourth-order valence-corrected chi connectivity index (χ4v) is 4.44. The second-order valence-electron chi connectivity index (χ2n) is 10.6. The number of aliphatic hydroxyl groups is 1. The van der Waals surface area contributed by atoms with Gasteiger partial charge < -0.3 is 19.3 Å². The van der Waals surface area contributed by atoms with Crippen LogP contribution >= 0.6 is 0 Å². The molecule has 1 heterocycles. The van der Waals surface area contributed by atoms with Gasteiger partial charge in [-0.2, -0.15) is 0 Å². The van der Waals surface area contributed by atoms with Crippen LogP contribution in [0.5, 0.6) is 0 Å². The van der Waals surface area contributed by atoms with Crippen LogP contribution in [-0.4, -0.2) is 48.6 Å². The number of epoxide rings is 1. The summed E-state index contributed by atoms with van der Waals surface area (Å²) in [5.41, 5.74) is 0. The van der Waals surface area contributed by atoms with Gasteiger partial charge in [0.05, 0.1) is 12.2 Å². The Morgan fingerprint density at radius 1 is 0.703 bits per heavy atom. The fourth-order valence-electron chi connectivity index (χ4n) is 4.44. The third-order valence-electron chi connectivity index (χ3n) is 6.92. The molecule has 6 heteroatoms. The van der Waals surface area contributed by atoms with Crippen molar-refractivity contribution in [3.8, 4) is 0 Å². The predicted molar refractivity (Wildman–Crippen MR) is 149 cm³/mol. The van der Waals surface area contributed by atoms with E-state index in [9.17, 15) is 14.7 Å². The summed E-state index contributed by atoms with van der Waals surface area (Å²) in [6.45, 7) is 4.19. The van der Waals surface area contributed by atoms with Crippen LogP contribution in [0.25, 0.3) is 0 Å². The zero-order valence-electron chi connectivity index (χ0n) is 23.9. The lowest BCUT2D eigenvalue weighted by Crippen LogP contribution is -2.25. The van der Waals surface area contributed by atoms with Gasteiger partial charge in [-0.25, -0.2) is 0 Å². The number of carbonyl (C=O) groups excluding carboxylic acids is 2. The normalized spacial score (nSPS) is 17.7. The Kier molecular flexibility index (Phi) is 21.5. The van der Waals surface area contributed by atoms with Crippen molar-refractivity contribution in [1.29, 1.82) is 0 Å². The summed E-state index contributed by atoms with van der Waals surface area (Å²) in [4.78, 5) is 23.6. The molecule has 6 nitrogen and oxygen atoms in total. The first-order valence-electron chi connectivity index (χ1n) is 15.4. The summed E-state index contributed by atoms with van der Waals surface area (Å²) >= 11 is 0. The maximum Gasteiger partial charge on any atom is 0.305 e. The summed E-state index contributed by atoms with van der Waals surface area (Å²) < 4.78 is 15.9. The quantitative estimate of drug-likeness (QED) is 0.0543. The molecule has 1 N–H and O–H groups in total. The molecule has 0 amide bonds. The van der Waals surface area contributed by atoms with Gasteiger partial charge in [0.15, 0.2) is 0 Å². The molecule has 216 valence electrons. The molecular formula is C31H56O6. The second-order valence-corrected chi connectivity index (χ2v) is 10.6. The van der Waals surface area contributed by atoms with Crippen LogP contribution in [0.2, 0.25) is 0 Å². The van der Waals surface area contributed by atoms with Crippen molar-refractivity contribution < 1.29 is 28.9 Å². The molecule has 1 fully saturated rings. The van der Waals surface area contributed by atoms with Gasteiger partial charge in [-0.3, -0.25) is 9.59 Å². The molecule has 2 unspecified atom stereocenters. The molecule has 3 atom stereocenters. The average molecular weight is 525 g/mol. The number of carbonyl (C=O) groups is 2. The van der Waals surface area contributed by atoms with Crippen molar-refractivity contribution in [2.75, 3.05) is 13.2 Å². The maximum atomic E-state index is 11.9. The van der Waals surface area contributed by atoms with Crippen molar-refractivity contribution in [2.24, 2.45) is 0 Å².